The van der Waals surface area contributed by atoms with Crippen LogP contribution < -0.4 is 0 Å². The number of halogens is 1. The van der Waals surface area contributed by atoms with E-state index in [9.17, 15) is 4.79 Å². The zero-order valence-corrected chi connectivity index (χ0v) is 12.1. The van der Waals surface area contributed by atoms with E-state index in [4.69, 9.17) is 11.6 Å². The summed E-state index contributed by atoms with van der Waals surface area (Å²) < 4.78 is 0. The molecule has 18 heavy (non-hydrogen) atoms. The Morgan fingerprint density at radius 1 is 0.944 bits per heavy atom. The summed E-state index contributed by atoms with van der Waals surface area (Å²) in [6.45, 7) is 0.752. The highest BCUT2D eigenvalue weighted by Crippen LogP contribution is 2.29. The highest BCUT2D eigenvalue weighted by molar-refractivity contribution is 6.18. The molecule has 0 aromatic heterocycles. The Labute approximate surface area is 116 Å². The van der Waals surface area contributed by atoms with Crippen molar-refractivity contribution in [1.29, 1.82) is 0 Å². The molecule has 0 aromatic carbocycles. The minimum atomic E-state index is 0.295. The summed E-state index contributed by atoms with van der Waals surface area (Å²) in [7, 11) is 0. The second-order valence-electron chi connectivity index (χ2n) is 5.85. The van der Waals surface area contributed by atoms with Crippen LogP contribution in [0.3, 0.4) is 0 Å². The third kappa shape index (κ3) is 3.63. The molecule has 1 amide bonds. The van der Waals surface area contributed by atoms with E-state index < -0.39 is 0 Å². The van der Waals surface area contributed by atoms with Gasteiger partial charge in [0.1, 0.15) is 0 Å². The van der Waals surface area contributed by atoms with Gasteiger partial charge < -0.3 is 4.90 Å². The van der Waals surface area contributed by atoms with Crippen molar-refractivity contribution in [2.45, 2.75) is 70.3 Å². The van der Waals surface area contributed by atoms with Crippen molar-refractivity contribution in [2.24, 2.45) is 5.92 Å². The Bertz CT molecular complexity index is 257. The summed E-state index contributed by atoms with van der Waals surface area (Å²) in [6.07, 6.45) is 12.2. The molecule has 2 nitrogen and oxygen atoms in total. The first-order chi connectivity index (χ1) is 8.83. The minimum absolute atomic E-state index is 0.295. The predicted octanol–water partition coefficient (Wildman–Crippen LogP) is 3.97. The predicted molar refractivity (Wildman–Crippen MR) is 75.9 cm³/mol. The van der Waals surface area contributed by atoms with E-state index in [0.717, 1.165) is 19.4 Å². The first-order valence-electron chi connectivity index (χ1n) is 7.69. The average Bonchev–Trinajstić information content (AvgIpc) is 2.46. The van der Waals surface area contributed by atoms with Crippen LogP contribution in [-0.4, -0.2) is 29.3 Å². The summed E-state index contributed by atoms with van der Waals surface area (Å²) in [5, 5.41) is 0. The van der Waals surface area contributed by atoms with Crippen LogP contribution in [0.1, 0.15) is 64.2 Å². The van der Waals surface area contributed by atoms with E-state index in [2.05, 4.69) is 4.90 Å². The molecular formula is C15H26ClNO. The average molecular weight is 272 g/mol. The van der Waals surface area contributed by atoms with Gasteiger partial charge in [-0.3, -0.25) is 4.79 Å². The van der Waals surface area contributed by atoms with Crippen molar-refractivity contribution in [2.75, 3.05) is 12.4 Å². The molecule has 2 fully saturated rings. The van der Waals surface area contributed by atoms with Gasteiger partial charge in [0.15, 0.2) is 0 Å². The molecule has 0 bridgehead atoms. The van der Waals surface area contributed by atoms with Crippen molar-refractivity contribution in [3.05, 3.63) is 0 Å². The highest BCUT2D eigenvalue weighted by Gasteiger charge is 2.30. The number of alkyl halides is 1. The van der Waals surface area contributed by atoms with Crippen LogP contribution in [0.4, 0.5) is 0 Å². The molecule has 0 aliphatic heterocycles. The maximum Gasteiger partial charge on any atom is 0.225 e. The topological polar surface area (TPSA) is 20.3 Å². The van der Waals surface area contributed by atoms with Crippen LogP contribution in [0.5, 0.6) is 0 Å². The van der Waals surface area contributed by atoms with E-state index >= 15 is 0 Å². The zero-order valence-electron chi connectivity index (χ0n) is 11.4. The maximum absolute atomic E-state index is 12.7. The number of hydrogen-bond donors (Lipinski definition) is 0. The number of nitrogens with zero attached hydrogens (tertiary/aromatic N) is 1. The molecule has 2 aliphatic rings. The molecule has 2 saturated carbocycles. The van der Waals surface area contributed by atoms with Crippen LogP contribution >= 0.6 is 11.6 Å². The zero-order chi connectivity index (χ0) is 12.8. The molecular weight excluding hydrogens is 246 g/mol. The molecule has 0 radical (unpaired) electrons. The monoisotopic (exact) mass is 271 g/mol. The molecule has 0 atom stereocenters. The maximum atomic E-state index is 12.7. The lowest BCUT2D eigenvalue weighted by molar-refractivity contribution is -0.139. The molecule has 3 heteroatoms. The Hall–Kier alpha value is -0.240. The Balaban J connectivity index is 1.96. The number of hydrogen-bond acceptors (Lipinski definition) is 1. The summed E-state index contributed by atoms with van der Waals surface area (Å²) in [5.74, 6) is 1.28. The van der Waals surface area contributed by atoms with Crippen LogP contribution in [0.25, 0.3) is 0 Å². The van der Waals surface area contributed by atoms with Gasteiger partial charge in [0, 0.05) is 24.4 Å². The van der Waals surface area contributed by atoms with Gasteiger partial charge in [-0.25, -0.2) is 0 Å². The highest BCUT2D eigenvalue weighted by atomic mass is 35.5. The smallest absolute Gasteiger partial charge is 0.225 e. The van der Waals surface area contributed by atoms with E-state index in [0.29, 0.717) is 23.7 Å². The lowest BCUT2D eigenvalue weighted by Crippen LogP contribution is -2.45. The lowest BCUT2D eigenvalue weighted by atomic mass is 9.86. The lowest BCUT2D eigenvalue weighted by Gasteiger charge is -2.37. The molecule has 0 N–H and O–H groups in total. The van der Waals surface area contributed by atoms with Gasteiger partial charge in [-0.1, -0.05) is 38.5 Å². The van der Waals surface area contributed by atoms with E-state index in [-0.39, 0.29) is 0 Å². The summed E-state index contributed by atoms with van der Waals surface area (Å²) >= 11 is 5.90. The molecule has 0 spiro atoms. The van der Waals surface area contributed by atoms with Crippen molar-refractivity contribution in [3.8, 4) is 0 Å². The largest absolute Gasteiger partial charge is 0.338 e. The molecule has 2 aliphatic carbocycles. The minimum Gasteiger partial charge on any atom is -0.338 e. The molecule has 0 aromatic rings. The van der Waals surface area contributed by atoms with Crippen LogP contribution in [0.2, 0.25) is 0 Å². The Morgan fingerprint density at radius 2 is 1.50 bits per heavy atom. The van der Waals surface area contributed by atoms with Gasteiger partial charge in [-0.15, -0.1) is 11.6 Å². The number of amides is 1. The summed E-state index contributed by atoms with van der Waals surface area (Å²) in [5.41, 5.74) is 0. The summed E-state index contributed by atoms with van der Waals surface area (Å²) in [4.78, 5) is 14.8. The first kappa shape index (κ1) is 14.2. The van der Waals surface area contributed by atoms with Crippen molar-refractivity contribution >= 4 is 17.5 Å². The second kappa shape index (κ2) is 7.37. The summed E-state index contributed by atoms with van der Waals surface area (Å²) in [6, 6.07) is 0.479. The van der Waals surface area contributed by atoms with Gasteiger partial charge in [-0.2, -0.15) is 0 Å². The van der Waals surface area contributed by atoms with Gasteiger partial charge in [0.2, 0.25) is 5.91 Å². The number of carbonyl (C=O) groups is 1. The van der Waals surface area contributed by atoms with Crippen molar-refractivity contribution < 1.29 is 4.79 Å². The number of carbonyl (C=O) groups excluding carboxylic acids is 1. The van der Waals surface area contributed by atoms with E-state index in [1.165, 1.54) is 51.4 Å². The standard InChI is InChI=1S/C15H26ClNO/c16-11-12-17(14-9-5-2-6-10-14)15(18)13-7-3-1-4-8-13/h13-14H,1-12H2. The Morgan fingerprint density at radius 3 is 2.06 bits per heavy atom. The molecule has 0 unspecified atom stereocenters. The van der Waals surface area contributed by atoms with Gasteiger partial charge in [-0.05, 0) is 25.7 Å². The van der Waals surface area contributed by atoms with Crippen LogP contribution in [0, 0.1) is 5.92 Å². The van der Waals surface area contributed by atoms with E-state index in [1.54, 1.807) is 0 Å². The van der Waals surface area contributed by atoms with Crippen LogP contribution in [0.15, 0.2) is 0 Å². The van der Waals surface area contributed by atoms with Crippen molar-refractivity contribution in [3.63, 3.8) is 0 Å². The number of rotatable bonds is 4. The molecule has 104 valence electrons. The van der Waals surface area contributed by atoms with Crippen molar-refractivity contribution in [1.82, 2.24) is 4.90 Å². The fourth-order valence-corrected chi connectivity index (χ4v) is 3.72. The van der Waals surface area contributed by atoms with Gasteiger partial charge >= 0.3 is 0 Å². The van der Waals surface area contributed by atoms with Gasteiger partial charge in [0.25, 0.3) is 0 Å². The SMILES string of the molecule is O=C(C1CCCCC1)N(CCCl)C1CCCCC1. The normalized spacial score (nSPS) is 22.9. The third-order valence-electron chi connectivity index (χ3n) is 4.58. The van der Waals surface area contributed by atoms with Gasteiger partial charge in [0.05, 0.1) is 0 Å². The third-order valence-corrected chi connectivity index (χ3v) is 4.75. The van der Waals surface area contributed by atoms with E-state index in [1.807, 2.05) is 0 Å². The molecule has 0 heterocycles. The fraction of sp³-hybridized carbons (Fsp3) is 0.933. The second-order valence-corrected chi connectivity index (χ2v) is 6.23. The molecule has 0 saturated heterocycles. The van der Waals surface area contributed by atoms with Crippen LogP contribution in [-0.2, 0) is 4.79 Å². The quantitative estimate of drug-likeness (QED) is 0.709. The Kier molecular flexibility index (Phi) is 5.81. The fourth-order valence-electron chi connectivity index (χ4n) is 3.54. The molecule has 2 rings (SSSR count). The first-order valence-corrected chi connectivity index (χ1v) is 8.23.